The summed E-state index contributed by atoms with van der Waals surface area (Å²) in [5.41, 5.74) is -0.347. The van der Waals surface area contributed by atoms with E-state index in [1.54, 1.807) is 0 Å². The molecule has 0 amide bonds. The molecular weight excluding hydrogens is 247 g/mol. The van der Waals surface area contributed by atoms with E-state index in [1.807, 2.05) is 0 Å². The number of hydrogen-bond acceptors (Lipinski definition) is 5. The molecule has 0 aliphatic rings. The van der Waals surface area contributed by atoms with Gasteiger partial charge in [-0.3, -0.25) is 0 Å². The number of aromatic carboxylic acids is 1. The maximum absolute atomic E-state index is 13.1. The van der Waals surface area contributed by atoms with E-state index in [0.29, 0.717) is 16.5 Å². The third-order valence-corrected chi connectivity index (χ3v) is 2.92. The molecule has 0 aliphatic carbocycles. The van der Waals surface area contributed by atoms with Crippen LogP contribution >= 0.6 is 11.8 Å². The third kappa shape index (κ3) is 2.82. The molecule has 0 spiro atoms. The lowest BCUT2D eigenvalue weighted by Gasteiger charge is -2.01. The van der Waals surface area contributed by atoms with Crippen LogP contribution in [0.1, 0.15) is 16.2 Å². The number of thioether (sulfide) groups is 1. The molecule has 1 aromatic heterocycles. The molecule has 0 saturated heterocycles. The highest BCUT2D eigenvalue weighted by Gasteiger charge is 2.11. The van der Waals surface area contributed by atoms with Crippen LogP contribution < -0.4 is 0 Å². The van der Waals surface area contributed by atoms with E-state index in [4.69, 9.17) is 9.63 Å². The number of carbonyl (C=O) groups is 1. The van der Waals surface area contributed by atoms with Crippen molar-refractivity contribution in [3.05, 3.63) is 41.8 Å². The fraction of sp³-hybridized carbons (Fsp3) is 0.100. The molecule has 0 aliphatic heterocycles. The molecule has 88 valence electrons. The Kier molecular flexibility index (Phi) is 3.38. The first-order chi connectivity index (χ1) is 8.16. The topological polar surface area (TPSA) is 76.2 Å². The molecule has 5 nitrogen and oxygen atoms in total. The highest BCUT2D eigenvalue weighted by molar-refractivity contribution is 7.98. The largest absolute Gasteiger partial charge is 0.478 e. The summed E-state index contributed by atoms with van der Waals surface area (Å²) in [5, 5.41) is 12.2. The molecule has 7 heteroatoms. The fourth-order valence-electron chi connectivity index (χ4n) is 1.16. The van der Waals surface area contributed by atoms with Gasteiger partial charge in [-0.1, -0.05) is 5.16 Å². The van der Waals surface area contributed by atoms with Gasteiger partial charge in [0.2, 0.25) is 5.89 Å². The lowest BCUT2D eigenvalue weighted by Crippen LogP contribution is -2.00. The number of carboxylic acids is 1. The van der Waals surface area contributed by atoms with Gasteiger partial charge < -0.3 is 9.63 Å². The number of halogens is 1. The summed E-state index contributed by atoms with van der Waals surface area (Å²) in [6.45, 7) is 0. The fourth-order valence-corrected chi connectivity index (χ4v) is 1.95. The molecule has 1 N–H and O–H groups in total. The zero-order chi connectivity index (χ0) is 12.3. The van der Waals surface area contributed by atoms with E-state index in [0.717, 1.165) is 6.07 Å². The molecule has 2 rings (SSSR count). The number of rotatable bonds is 4. The highest BCUT2D eigenvalue weighted by atomic mass is 32.2. The molecule has 1 aromatic carbocycles. The zero-order valence-electron chi connectivity index (χ0n) is 8.46. The van der Waals surface area contributed by atoms with E-state index >= 15 is 0 Å². The Hall–Kier alpha value is -1.89. The van der Waals surface area contributed by atoms with Gasteiger partial charge in [0.05, 0.1) is 11.3 Å². The predicted molar refractivity (Wildman–Crippen MR) is 57.2 cm³/mol. The molecule has 0 saturated carbocycles. The van der Waals surface area contributed by atoms with Crippen molar-refractivity contribution in [3.8, 4) is 0 Å². The van der Waals surface area contributed by atoms with Crippen LogP contribution in [0.2, 0.25) is 0 Å². The van der Waals surface area contributed by atoms with Gasteiger partial charge in [-0.05, 0) is 18.2 Å². The summed E-state index contributed by atoms with van der Waals surface area (Å²) < 4.78 is 17.9. The monoisotopic (exact) mass is 254 g/mol. The minimum absolute atomic E-state index is 0.347. The molecule has 17 heavy (non-hydrogen) atoms. The van der Waals surface area contributed by atoms with Crippen molar-refractivity contribution < 1.29 is 18.8 Å². The average molecular weight is 254 g/mol. The van der Waals surface area contributed by atoms with Crippen molar-refractivity contribution in [1.82, 2.24) is 10.1 Å². The summed E-state index contributed by atoms with van der Waals surface area (Å²) in [7, 11) is 0. The molecule has 2 aromatic rings. The molecule has 0 bridgehead atoms. The van der Waals surface area contributed by atoms with Crippen LogP contribution in [-0.4, -0.2) is 21.2 Å². The lowest BCUT2D eigenvalue weighted by molar-refractivity contribution is 0.0691. The van der Waals surface area contributed by atoms with Gasteiger partial charge in [-0.25, -0.2) is 9.18 Å². The SMILES string of the molecule is O=C(O)c1cc(SCc2ncno2)ccc1F. The number of benzene rings is 1. The Labute approximate surface area is 99.6 Å². The van der Waals surface area contributed by atoms with Crippen molar-refractivity contribution in [3.63, 3.8) is 0 Å². The van der Waals surface area contributed by atoms with Gasteiger partial charge in [-0.2, -0.15) is 4.98 Å². The predicted octanol–water partition coefficient (Wildman–Crippen LogP) is 2.20. The second-order valence-corrected chi connectivity index (χ2v) is 4.12. The second kappa shape index (κ2) is 4.96. The first-order valence-corrected chi connectivity index (χ1v) is 5.56. The summed E-state index contributed by atoms with van der Waals surface area (Å²) in [5.74, 6) is -1.20. The van der Waals surface area contributed by atoms with Crippen LogP contribution in [0.15, 0.2) is 33.9 Å². The third-order valence-electron chi connectivity index (χ3n) is 1.94. The molecule has 0 atom stereocenters. The first kappa shape index (κ1) is 11.6. The lowest BCUT2D eigenvalue weighted by atomic mass is 10.2. The number of hydrogen-bond donors (Lipinski definition) is 1. The van der Waals surface area contributed by atoms with Crippen LogP contribution in [0.4, 0.5) is 4.39 Å². The van der Waals surface area contributed by atoms with Crippen LogP contribution in [0.25, 0.3) is 0 Å². The standard InChI is InChI=1S/C10H7FN2O3S/c11-8-2-1-6(3-7(8)10(14)15)17-4-9-12-5-13-16-9/h1-3,5H,4H2,(H,14,15). The minimum Gasteiger partial charge on any atom is -0.478 e. The number of aromatic nitrogens is 2. The van der Waals surface area contributed by atoms with E-state index in [-0.39, 0.29) is 5.56 Å². The maximum atomic E-state index is 13.1. The van der Waals surface area contributed by atoms with Crippen LogP contribution in [0, 0.1) is 5.82 Å². The minimum atomic E-state index is -1.29. The number of carboxylic acid groups (broad SMARTS) is 1. The first-order valence-electron chi connectivity index (χ1n) is 4.58. The molecular formula is C10H7FN2O3S. The van der Waals surface area contributed by atoms with Crippen molar-refractivity contribution in [1.29, 1.82) is 0 Å². The van der Waals surface area contributed by atoms with E-state index in [1.165, 1.54) is 30.2 Å². The van der Waals surface area contributed by atoms with Gasteiger partial charge in [0, 0.05) is 4.90 Å². The van der Waals surface area contributed by atoms with E-state index in [9.17, 15) is 9.18 Å². The Morgan fingerprint density at radius 2 is 2.35 bits per heavy atom. The van der Waals surface area contributed by atoms with Crippen molar-refractivity contribution in [2.24, 2.45) is 0 Å². The van der Waals surface area contributed by atoms with Gasteiger partial charge in [0.15, 0.2) is 6.33 Å². The zero-order valence-corrected chi connectivity index (χ0v) is 9.28. The summed E-state index contributed by atoms with van der Waals surface area (Å²) >= 11 is 1.29. The van der Waals surface area contributed by atoms with Crippen LogP contribution in [0.5, 0.6) is 0 Å². The smallest absolute Gasteiger partial charge is 0.338 e. The van der Waals surface area contributed by atoms with Crippen LogP contribution in [0.3, 0.4) is 0 Å². The summed E-state index contributed by atoms with van der Waals surface area (Å²) in [4.78, 5) is 15.2. The van der Waals surface area contributed by atoms with Gasteiger partial charge in [0.1, 0.15) is 5.82 Å². The van der Waals surface area contributed by atoms with E-state index < -0.39 is 11.8 Å². The molecule has 0 unspecified atom stereocenters. The Balaban J connectivity index is 2.11. The Morgan fingerprint density at radius 3 is 3.00 bits per heavy atom. The van der Waals surface area contributed by atoms with Crippen LogP contribution in [-0.2, 0) is 5.75 Å². The normalized spacial score (nSPS) is 10.4. The Morgan fingerprint density at radius 1 is 1.53 bits per heavy atom. The van der Waals surface area contributed by atoms with Gasteiger partial charge in [-0.15, -0.1) is 11.8 Å². The molecule has 0 fully saturated rings. The quantitative estimate of drug-likeness (QED) is 0.843. The molecule has 1 heterocycles. The summed E-state index contributed by atoms with van der Waals surface area (Å²) in [6, 6.07) is 3.90. The maximum Gasteiger partial charge on any atom is 0.338 e. The van der Waals surface area contributed by atoms with Crippen molar-refractivity contribution >= 4 is 17.7 Å². The highest BCUT2D eigenvalue weighted by Crippen LogP contribution is 2.24. The van der Waals surface area contributed by atoms with Crippen molar-refractivity contribution in [2.75, 3.05) is 0 Å². The van der Waals surface area contributed by atoms with Gasteiger partial charge in [0.25, 0.3) is 0 Å². The summed E-state index contributed by atoms with van der Waals surface area (Å²) in [6.07, 6.45) is 1.28. The average Bonchev–Trinajstić information content (AvgIpc) is 2.80. The number of nitrogens with zero attached hydrogens (tertiary/aromatic N) is 2. The van der Waals surface area contributed by atoms with Crippen molar-refractivity contribution in [2.45, 2.75) is 10.6 Å². The van der Waals surface area contributed by atoms with E-state index in [2.05, 4.69) is 10.1 Å². The van der Waals surface area contributed by atoms with Gasteiger partial charge >= 0.3 is 5.97 Å². The Bertz CT molecular complexity index is 530. The molecule has 0 radical (unpaired) electrons. The second-order valence-electron chi connectivity index (χ2n) is 3.07.